The van der Waals surface area contributed by atoms with Crippen LogP contribution in [0.1, 0.15) is 0 Å². The third kappa shape index (κ3) is 8.02. The molecular formula is C11H10F6N2O2. The van der Waals surface area contributed by atoms with Crippen LogP contribution in [0.5, 0.6) is 5.75 Å². The number of anilines is 1. The number of carbonyl (C=O) groups excluding carboxylic acids is 1. The van der Waals surface area contributed by atoms with E-state index in [4.69, 9.17) is 0 Å². The van der Waals surface area contributed by atoms with Crippen molar-refractivity contribution < 1.29 is 35.9 Å². The maximum absolute atomic E-state index is 11.9. The SMILES string of the molecule is O=C(CNCC(F)(F)F)Nc1ccc(OC(F)(F)F)cc1. The number of amides is 1. The van der Waals surface area contributed by atoms with Gasteiger partial charge in [-0.05, 0) is 24.3 Å². The number of ether oxygens (including phenoxy) is 1. The normalized spacial score (nSPS) is 12.1. The summed E-state index contributed by atoms with van der Waals surface area (Å²) < 4.78 is 74.7. The largest absolute Gasteiger partial charge is 0.573 e. The van der Waals surface area contributed by atoms with Crippen molar-refractivity contribution in [1.82, 2.24) is 5.32 Å². The van der Waals surface area contributed by atoms with Crippen LogP contribution < -0.4 is 15.4 Å². The average Bonchev–Trinajstić information content (AvgIpc) is 2.28. The highest BCUT2D eigenvalue weighted by molar-refractivity contribution is 5.92. The van der Waals surface area contributed by atoms with E-state index in [1.165, 1.54) is 0 Å². The summed E-state index contributed by atoms with van der Waals surface area (Å²) in [7, 11) is 0. The highest BCUT2D eigenvalue weighted by Crippen LogP contribution is 2.23. The average molecular weight is 316 g/mol. The summed E-state index contributed by atoms with van der Waals surface area (Å²) in [5.41, 5.74) is 0.128. The molecule has 1 amide bonds. The van der Waals surface area contributed by atoms with E-state index in [1.807, 2.05) is 5.32 Å². The van der Waals surface area contributed by atoms with Crippen LogP contribution in [0.4, 0.5) is 32.0 Å². The molecular weight excluding hydrogens is 306 g/mol. The van der Waals surface area contributed by atoms with Gasteiger partial charge in [0.05, 0.1) is 13.1 Å². The molecule has 0 radical (unpaired) electrons. The quantitative estimate of drug-likeness (QED) is 0.821. The van der Waals surface area contributed by atoms with Gasteiger partial charge in [-0.2, -0.15) is 13.2 Å². The summed E-state index contributed by atoms with van der Waals surface area (Å²) in [6, 6.07) is 4.18. The molecule has 0 aromatic heterocycles. The summed E-state index contributed by atoms with van der Waals surface area (Å²) in [6.07, 6.45) is -9.26. The Hall–Kier alpha value is -1.97. The number of nitrogens with one attached hydrogen (secondary N) is 2. The van der Waals surface area contributed by atoms with Crippen LogP contribution in [-0.2, 0) is 4.79 Å². The Bertz CT molecular complexity index is 469. The van der Waals surface area contributed by atoms with Crippen LogP contribution >= 0.6 is 0 Å². The van der Waals surface area contributed by atoms with Gasteiger partial charge in [0.15, 0.2) is 0 Å². The van der Waals surface area contributed by atoms with Gasteiger partial charge in [0.1, 0.15) is 5.75 Å². The molecule has 0 bridgehead atoms. The van der Waals surface area contributed by atoms with Crippen molar-refractivity contribution in [1.29, 1.82) is 0 Å². The molecule has 0 aliphatic heterocycles. The van der Waals surface area contributed by atoms with E-state index in [9.17, 15) is 31.1 Å². The Morgan fingerprint density at radius 1 is 1.05 bits per heavy atom. The third-order valence-electron chi connectivity index (χ3n) is 1.98. The van der Waals surface area contributed by atoms with Crippen molar-refractivity contribution in [3.05, 3.63) is 24.3 Å². The number of rotatable bonds is 5. The Kier molecular flexibility index (Phi) is 5.41. The van der Waals surface area contributed by atoms with E-state index in [0.717, 1.165) is 24.3 Å². The van der Waals surface area contributed by atoms with Gasteiger partial charge in [-0.3, -0.25) is 4.79 Å². The van der Waals surface area contributed by atoms with E-state index in [-0.39, 0.29) is 5.69 Å². The van der Waals surface area contributed by atoms with Gasteiger partial charge < -0.3 is 15.4 Å². The Balaban J connectivity index is 2.43. The maximum atomic E-state index is 11.9. The van der Waals surface area contributed by atoms with Crippen LogP contribution in [0.25, 0.3) is 0 Å². The summed E-state index contributed by atoms with van der Waals surface area (Å²) >= 11 is 0. The second kappa shape index (κ2) is 6.66. The topological polar surface area (TPSA) is 50.4 Å². The molecule has 1 rings (SSSR count). The highest BCUT2D eigenvalue weighted by Gasteiger charge is 2.31. The summed E-state index contributed by atoms with van der Waals surface area (Å²) in [5, 5.41) is 4.09. The van der Waals surface area contributed by atoms with Crippen LogP contribution in [0.15, 0.2) is 24.3 Å². The molecule has 0 aliphatic rings. The standard InChI is InChI=1S/C11H10F6N2O2/c12-10(13,14)6-18-5-9(20)19-7-1-3-8(4-2-7)21-11(15,16)17/h1-4,18H,5-6H2,(H,19,20). The molecule has 0 aliphatic carbocycles. The number of alkyl halides is 6. The number of hydrogen-bond acceptors (Lipinski definition) is 3. The van der Waals surface area contributed by atoms with Crippen molar-refractivity contribution in [2.45, 2.75) is 12.5 Å². The first kappa shape index (κ1) is 17.1. The summed E-state index contributed by atoms with van der Waals surface area (Å²) in [6.45, 7) is -1.90. The van der Waals surface area contributed by atoms with E-state index in [1.54, 1.807) is 0 Å². The lowest BCUT2D eigenvalue weighted by Crippen LogP contribution is -2.35. The first-order valence-corrected chi connectivity index (χ1v) is 5.48. The summed E-state index contributed by atoms with van der Waals surface area (Å²) in [5.74, 6) is -1.24. The predicted molar refractivity (Wildman–Crippen MR) is 60.7 cm³/mol. The third-order valence-corrected chi connectivity index (χ3v) is 1.98. The second-order valence-corrected chi connectivity index (χ2v) is 3.84. The fraction of sp³-hybridized carbons (Fsp3) is 0.364. The first-order chi connectivity index (χ1) is 9.55. The van der Waals surface area contributed by atoms with Crippen molar-refractivity contribution in [2.24, 2.45) is 0 Å². The van der Waals surface area contributed by atoms with Crippen LogP contribution in [0.3, 0.4) is 0 Å². The zero-order chi connectivity index (χ0) is 16.1. The lowest BCUT2D eigenvalue weighted by molar-refractivity contribution is -0.274. The minimum Gasteiger partial charge on any atom is -0.406 e. The number of hydrogen-bond donors (Lipinski definition) is 2. The van der Waals surface area contributed by atoms with Gasteiger partial charge in [-0.25, -0.2) is 0 Å². The first-order valence-electron chi connectivity index (χ1n) is 5.48. The molecule has 0 spiro atoms. The fourth-order valence-electron chi connectivity index (χ4n) is 1.26. The molecule has 0 fully saturated rings. The molecule has 0 heterocycles. The predicted octanol–water partition coefficient (Wildman–Crippen LogP) is 2.68. The zero-order valence-electron chi connectivity index (χ0n) is 10.3. The molecule has 2 N–H and O–H groups in total. The van der Waals surface area contributed by atoms with Gasteiger partial charge in [0.25, 0.3) is 0 Å². The molecule has 0 saturated heterocycles. The van der Waals surface area contributed by atoms with Crippen molar-refractivity contribution in [3.63, 3.8) is 0 Å². The zero-order valence-corrected chi connectivity index (χ0v) is 10.3. The smallest absolute Gasteiger partial charge is 0.406 e. The molecule has 0 unspecified atom stereocenters. The number of halogens is 6. The Morgan fingerprint density at radius 3 is 2.10 bits per heavy atom. The van der Waals surface area contributed by atoms with Crippen LogP contribution in [0, 0.1) is 0 Å². The van der Waals surface area contributed by atoms with Gasteiger partial charge in [-0.15, -0.1) is 13.2 Å². The van der Waals surface area contributed by atoms with E-state index in [2.05, 4.69) is 10.1 Å². The molecule has 0 atom stereocenters. The van der Waals surface area contributed by atoms with E-state index < -0.39 is 37.3 Å². The van der Waals surface area contributed by atoms with Crippen LogP contribution in [0.2, 0.25) is 0 Å². The maximum Gasteiger partial charge on any atom is 0.573 e. The monoisotopic (exact) mass is 316 g/mol. The van der Waals surface area contributed by atoms with Gasteiger partial charge in [-0.1, -0.05) is 0 Å². The highest BCUT2D eigenvalue weighted by atomic mass is 19.4. The molecule has 1 aromatic carbocycles. The van der Waals surface area contributed by atoms with Gasteiger partial charge in [0.2, 0.25) is 5.91 Å². The van der Waals surface area contributed by atoms with Gasteiger partial charge in [0, 0.05) is 5.69 Å². The minimum absolute atomic E-state index is 0.128. The molecule has 4 nitrogen and oxygen atoms in total. The molecule has 118 valence electrons. The van der Waals surface area contributed by atoms with Crippen molar-refractivity contribution in [3.8, 4) is 5.75 Å². The van der Waals surface area contributed by atoms with Crippen LogP contribution in [-0.4, -0.2) is 31.5 Å². The van der Waals surface area contributed by atoms with Gasteiger partial charge >= 0.3 is 12.5 Å². The summed E-state index contributed by atoms with van der Waals surface area (Å²) in [4.78, 5) is 11.3. The van der Waals surface area contributed by atoms with Crippen molar-refractivity contribution in [2.75, 3.05) is 18.4 Å². The lowest BCUT2D eigenvalue weighted by Gasteiger charge is -2.10. The lowest BCUT2D eigenvalue weighted by atomic mass is 10.3. The Labute approximate surface area is 115 Å². The Morgan fingerprint density at radius 2 is 1.62 bits per heavy atom. The molecule has 1 aromatic rings. The number of carbonyl (C=O) groups is 1. The van der Waals surface area contributed by atoms with E-state index >= 15 is 0 Å². The van der Waals surface area contributed by atoms with E-state index in [0.29, 0.717) is 0 Å². The molecule has 10 heteroatoms. The van der Waals surface area contributed by atoms with Crippen molar-refractivity contribution >= 4 is 11.6 Å². The number of benzene rings is 1. The molecule has 21 heavy (non-hydrogen) atoms. The molecule has 0 saturated carbocycles. The minimum atomic E-state index is -4.83. The fourth-order valence-corrected chi connectivity index (χ4v) is 1.26. The second-order valence-electron chi connectivity index (χ2n) is 3.84.